The minimum atomic E-state index is 0.186. The van der Waals surface area contributed by atoms with E-state index in [2.05, 4.69) is 66.4 Å². The molecule has 1 saturated heterocycles. The lowest BCUT2D eigenvalue weighted by molar-refractivity contribution is 0.0745. The van der Waals surface area contributed by atoms with Gasteiger partial charge in [0.25, 0.3) is 0 Å². The number of benzene rings is 3. The average Bonchev–Trinajstić information content (AvgIpc) is 2.81. The van der Waals surface area contributed by atoms with Crippen molar-refractivity contribution in [2.45, 2.75) is 31.8 Å². The summed E-state index contributed by atoms with van der Waals surface area (Å²) in [4.78, 5) is 2.54. The molecule has 162 valence electrons. The minimum Gasteiger partial charge on any atom is -0.494 e. The van der Waals surface area contributed by atoms with Gasteiger partial charge in [-0.3, -0.25) is 0 Å². The van der Waals surface area contributed by atoms with Crippen LogP contribution in [0.3, 0.4) is 0 Å². The predicted octanol–water partition coefficient (Wildman–Crippen LogP) is 5.28. The summed E-state index contributed by atoms with van der Waals surface area (Å²) in [7, 11) is 0. The van der Waals surface area contributed by atoms with Crippen molar-refractivity contribution in [3.05, 3.63) is 90.0 Å². The van der Waals surface area contributed by atoms with Crippen LogP contribution in [0.2, 0.25) is 0 Å². The number of rotatable bonds is 8. The predicted molar refractivity (Wildman–Crippen MR) is 127 cm³/mol. The van der Waals surface area contributed by atoms with Crippen LogP contribution in [0, 0.1) is 6.92 Å². The first-order valence-corrected chi connectivity index (χ1v) is 11.2. The number of nitrogens with zero attached hydrogens (tertiary/aromatic N) is 1. The van der Waals surface area contributed by atoms with Crippen molar-refractivity contribution in [1.82, 2.24) is 4.90 Å². The zero-order chi connectivity index (χ0) is 21.5. The van der Waals surface area contributed by atoms with Crippen LogP contribution >= 0.6 is 0 Å². The van der Waals surface area contributed by atoms with E-state index in [-0.39, 0.29) is 6.10 Å². The van der Waals surface area contributed by atoms with Crippen LogP contribution in [0.25, 0.3) is 0 Å². The molecule has 3 aromatic rings. The van der Waals surface area contributed by atoms with Gasteiger partial charge in [-0.25, -0.2) is 0 Å². The van der Waals surface area contributed by atoms with Gasteiger partial charge < -0.3 is 20.1 Å². The van der Waals surface area contributed by atoms with Gasteiger partial charge in [0.15, 0.2) is 0 Å². The highest BCUT2D eigenvalue weighted by molar-refractivity contribution is 5.41. The van der Waals surface area contributed by atoms with E-state index in [0.29, 0.717) is 12.5 Å². The molecule has 0 amide bonds. The summed E-state index contributed by atoms with van der Waals surface area (Å²) in [5.41, 5.74) is 9.04. The smallest absolute Gasteiger partial charge is 0.122 e. The third kappa shape index (κ3) is 5.80. The number of para-hydroxylation sites is 1. The third-order valence-corrected chi connectivity index (χ3v) is 6.00. The molecular weight excluding hydrogens is 384 g/mol. The molecule has 1 aliphatic rings. The summed E-state index contributed by atoms with van der Waals surface area (Å²) in [5, 5.41) is 0. The van der Waals surface area contributed by atoms with E-state index in [1.807, 2.05) is 24.3 Å². The molecule has 3 aromatic carbocycles. The van der Waals surface area contributed by atoms with Gasteiger partial charge in [0.05, 0.1) is 6.61 Å². The number of nitrogens with two attached hydrogens (primary N) is 1. The number of anilines is 1. The summed E-state index contributed by atoms with van der Waals surface area (Å²) in [5.74, 6) is 2.23. The summed E-state index contributed by atoms with van der Waals surface area (Å²) in [6, 6.07) is 26.7. The molecule has 0 spiro atoms. The first-order chi connectivity index (χ1) is 15.2. The van der Waals surface area contributed by atoms with Crippen LogP contribution in [-0.4, -0.2) is 37.2 Å². The lowest BCUT2D eigenvalue weighted by atomic mass is 9.87. The standard InChI is InChI=1S/C27H32N2O2/c1-21-8-5-6-11-26(21)31-27-16-18-29(20-25(27)22-9-3-2-4-10-22)17-7-19-30-24-14-12-23(28)13-15-24/h2-6,8-15,25,27H,7,16-20,28H2,1H3. The number of hydrogen-bond acceptors (Lipinski definition) is 4. The van der Waals surface area contributed by atoms with Gasteiger partial charge in [-0.15, -0.1) is 0 Å². The fraction of sp³-hybridized carbons (Fsp3) is 0.333. The molecule has 1 heterocycles. The maximum absolute atomic E-state index is 6.53. The molecule has 2 atom stereocenters. The highest BCUT2D eigenvalue weighted by atomic mass is 16.5. The first-order valence-electron chi connectivity index (χ1n) is 11.2. The zero-order valence-electron chi connectivity index (χ0n) is 18.2. The number of aryl methyl sites for hydroxylation is 1. The largest absolute Gasteiger partial charge is 0.494 e. The van der Waals surface area contributed by atoms with Crippen LogP contribution in [0.1, 0.15) is 29.9 Å². The Bertz CT molecular complexity index is 943. The van der Waals surface area contributed by atoms with E-state index >= 15 is 0 Å². The van der Waals surface area contributed by atoms with Crippen molar-refractivity contribution in [1.29, 1.82) is 0 Å². The molecule has 0 aliphatic carbocycles. The molecule has 2 N–H and O–H groups in total. The number of hydrogen-bond donors (Lipinski definition) is 1. The van der Waals surface area contributed by atoms with Crippen molar-refractivity contribution < 1.29 is 9.47 Å². The fourth-order valence-electron chi connectivity index (χ4n) is 4.26. The first kappa shape index (κ1) is 21.3. The van der Waals surface area contributed by atoms with E-state index in [4.69, 9.17) is 15.2 Å². The van der Waals surface area contributed by atoms with Crippen molar-refractivity contribution in [3.8, 4) is 11.5 Å². The Labute approximate surface area is 185 Å². The van der Waals surface area contributed by atoms with Gasteiger partial charge in [0.2, 0.25) is 0 Å². The van der Waals surface area contributed by atoms with Crippen molar-refractivity contribution >= 4 is 5.69 Å². The molecule has 4 heteroatoms. The van der Waals surface area contributed by atoms with E-state index in [1.54, 1.807) is 0 Å². The minimum absolute atomic E-state index is 0.186. The molecule has 1 aliphatic heterocycles. The average molecular weight is 417 g/mol. The molecule has 0 bridgehead atoms. The normalized spacial score (nSPS) is 19.1. The Balaban J connectivity index is 1.35. The molecule has 0 radical (unpaired) electrons. The molecule has 0 aromatic heterocycles. The van der Waals surface area contributed by atoms with Crippen molar-refractivity contribution in [2.24, 2.45) is 0 Å². The lowest BCUT2D eigenvalue weighted by Crippen LogP contribution is -2.44. The third-order valence-electron chi connectivity index (χ3n) is 6.00. The Hall–Kier alpha value is -2.98. The second kappa shape index (κ2) is 10.4. The van der Waals surface area contributed by atoms with Gasteiger partial charge in [-0.2, -0.15) is 0 Å². The highest BCUT2D eigenvalue weighted by Crippen LogP contribution is 2.32. The van der Waals surface area contributed by atoms with Gasteiger partial charge in [0, 0.05) is 31.2 Å². The lowest BCUT2D eigenvalue weighted by Gasteiger charge is -2.39. The topological polar surface area (TPSA) is 47.7 Å². The maximum atomic E-state index is 6.53. The molecule has 4 nitrogen and oxygen atoms in total. The number of likely N-dealkylation sites (tertiary alicyclic amines) is 1. The van der Waals surface area contributed by atoms with E-state index in [1.165, 1.54) is 11.1 Å². The Morgan fingerprint density at radius 3 is 2.45 bits per heavy atom. The maximum Gasteiger partial charge on any atom is 0.122 e. The van der Waals surface area contributed by atoms with Crippen LogP contribution in [0.4, 0.5) is 5.69 Å². The monoisotopic (exact) mass is 416 g/mol. The molecule has 0 saturated carbocycles. The zero-order valence-corrected chi connectivity index (χ0v) is 18.2. The Morgan fingerprint density at radius 1 is 0.935 bits per heavy atom. The SMILES string of the molecule is Cc1ccccc1OC1CCN(CCCOc2ccc(N)cc2)CC1c1ccccc1. The van der Waals surface area contributed by atoms with Gasteiger partial charge in [0.1, 0.15) is 17.6 Å². The van der Waals surface area contributed by atoms with Gasteiger partial charge in [-0.05, 0) is 61.2 Å². The Kier molecular flexibility index (Phi) is 7.11. The second-order valence-electron chi connectivity index (χ2n) is 8.30. The van der Waals surface area contributed by atoms with Crippen LogP contribution < -0.4 is 15.2 Å². The molecule has 31 heavy (non-hydrogen) atoms. The van der Waals surface area contributed by atoms with Crippen molar-refractivity contribution in [2.75, 3.05) is 32.0 Å². The van der Waals surface area contributed by atoms with Gasteiger partial charge >= 0.3 is 0 Å². The van der Waals surface area contributed by atoms with E-state index in [9.17, 15) is 0 Å². The Morgan fingerprint density at radius 2 is 1.68 bits per heavy atom. The highest BCUT2D eigenvalue weighted by Gasteiger charge is 2.32. The summed E-state index contributed by atoms with van der Waals surface area (Å²) in [6.45, 7) is 5.89. The van der Waals surface area contributed by atoms with E-state index < -0.39 is 0 Å². The van der Waals surface area contributed by atoms with Gasteiger partial charge in [-0.1, -0.05) is 48.5 Å². The van der Waals surface area contributed by atoms with Crippen LogP contribution in [-0.2, 0) is 0 Å². The van der Waals surface area contributed by atoms with Crippen LogP contribution in [0.15, 0.2) is 78.9 Å². The van der Waals surface area contributed by atoms with E-state index in [0.717, 1.165) is 49.7 Å². The van der Waals surface area contributed by atoms with Crippen molar-refractivity contribution in [3.63, 3.8) is 0 Å². The molecule has 2 unspecified atom stereocenters. The second-order valence-corrected chi connectivity index (χ2v) is 8.30. The number of ether oxygens (including phenoxy) is 2. The number of nitrogen functional groups attached to an aromatic ring is 1. The molecule has 1 fully saturated rings. The summed E-state index contributed by atoms with van der Waals surface area (Å²) in [6.07, 6.45) is 2.20. The van der Waals surface area contributed by atoms with Crippen LogP contribution in [0.5, 0.6) is 11.5 Å². The summed E-state index contributed by atoms with van der Waals surface area (Å²) >= 11 is 0. The molecule has 4 rings (SSSR count). The number of piperidine rings is 1. The quantitative estimate of drug-likeness (QED) is 0.401. The molecular formula is C27H32N2O2. The summed E-state index contributed by atoms with van der Waals surface area (Å²) < 4.78 is 12.4. The fourth-order valence-corrected chi connectivity index (χ4v) is 4.26.